The molecule has 0 heterocycles. The van der Waals surface area contributed by atoms with Gasteiger partial charge in [0.2, 0.25) is 6.08 Å². The Labute approximate surface area is 90.4 Å². The SMILES string of the molecule is CCC(CC)C(C)CC(N=C=O)C(=O)O. The number of aliphatic carboxylic acids is 1. The number of hydrogen-bond donors (Lipinski definition) is 1. The largest absolute Gasteiger partial charge is 0.480 e. The second-order valence-corrected chi connectivity index (χ2v) is 3.86. The van der Waals surface area contributed by atoms with E-state index in [4.69, 9.17) is 5.11 Å². The number of nitrogens with zero attached hydrogens (tertiary/aromatic N) is 1. The highest BCUT2D eigenvalue weighted by Gasteiger charge is 2.23. The van der Waals surface area contributed by atoms with E-state index >= 15 is 0 Å². The maximum Gasteiger partial charge on any atom is 0.329 e. The Bertz CT molecular complexity index is 240. The molecule has 0 saturated carbocycles. The van der Waals surface area contributed by atoms with Gasteiger partial charge in [-0.3, -0.25) is 0 Å². The molecule has 15 heavy (non-hydrogen) atoms. The van der Waals surface area contributed by atoms with Gasteiger partial charge in [0.05, 0.1) is 0 Å². The molecule has 0 aliphatic heterocycles. The van der Waals surface area contributed by atoms with Crippen molar-refractivity contribution in [3.63, 3.8) is 0 Å². The van der Waals surface area contributed by atoms with Gasteiger partial charge in [-0.25, -0.2) is 9.59 Å². The molecule has 86 valence electrons. The quantitative estimate of drug-likeness (QED) is 0.521. The Hall–Kier alpha value is -1.15. The molecule has 1 N–H and O–H groups in total. The molecule has 0 aromatic carbocycles. The average Bonchev–Trinajstić information content (AvgIpc) is 2.18. The summed E-state index contributed by atoms with van der Waals surface area (Å²) in [4.78, 5) is 24.1. The molecule has 0 rings (SSSR count). The molecule has 2 atom stereocenters. The molecule has 0 aromatic rings. The van der Waals surface area contributed by atoms with Crippen LogP contribution in [0.3, 0.4) is 0 Å². The van der Waals surface area contributed by atoms with Crippen LogP contribution in [-0.2, 0) is 9.59 Å². The Kier molecular flexibility index (Phi) is 6.63. The number of carboxylic acids is 1. The van der Waals surface area contributed by atoms with Gasteiger partial charge in [-0.05, 0) is 18.3 Å². The van der Waals surface area contributed by atoms with Crippen molar-refractivity contribution in [2.75, 3.05) is 0 Å². The summed E-state index contributed by atoms with van der Waals surface area (Å²) in [5.41, 5.74) is 0. The third kappa shape index (κ3) is 4.75. The average molecular weight is 213 g/mol. The highest BCUT2D eigenvalue weighted by Crippen LogP contribution is 2.24. The fraction of sp³-hybridized carbons (Fsp3) is 0.818. The molecule has 0 fully saturated rings. The molecule has 0 amide bonds. The highest BCUT2D eigenvalue weighted by molar-refractivity contribution is 5.74. The summed E-state index contributed by atoms with van der Waals surface area (Å²) in [6, 6.07) is -0.932. The predicted octanol–water partition coefficient (Wildman–Crippen LogP) is 2.24. The van der Waals surface area contributed by atoms with Gasteiger partial charge in [0, 0.05) is 0 Å². The van der Waals surface area contributed by atoms with Crippen LogP contribution in [0.5, 0.6) is 0 Å². The molecule has 0 spiro atoms. The van der Waals surface area contributed by atoms with Gasteiger partial charge in [0.25, 0.3) is 0 Å². The van der Waals surface area contributed by atoms with Crippen LogP contribution >= 0.6 is 0 Å². The molecule has 0 aliphatic rings. The van der Waals surface area contributed by atoms with Gasteiger partial charge >= 0.3 is 5.97 Å². The van der Waals surface area contributed by atoms with Crippen molar-refractivity contribution in [2.24, 2.45) is 16.8 Å². The maximum absolute atomic E-state index is 10.8. The standard InChI is InChI=1S/C11H19NO3/c1-4-9(5-2)8(3)6-10(11(14)15)12-7-13/h8-10H,4-6H2,1-3H3,(H,14,15). The van der Waals surface area contributed by atoms with Gasteiger partial charge in [-0.1, -0.05) is 33.6 Å². The van der Waals surface area contributed by atoms with E-state index in [9.17, 15) is 9.59 Å². The van der Waals surface area contributed by atoms with Crippen molar-refractivity contribution >= 4 is 12.0 Å². The number of carbonyl (C=O) groups is 1. The van der Waals surface area contributed by atoms with Crippen molar-refractivity contribution in [1.82, 2.24) is 0 Å². The minimum atomic E-state index is -1.05. The summed E-state index contributed by atoms with van der Waals surface area (Å²) in [7, 11) is 0. The first-order chi connectivity index (χ1) is 7.06. The lowest BCUT2D eigenvalue weighted by Gasteiger charge is -2.22. The van der Waals surface area contributed by atoms with Crippen molar-refractivity contribution in [3.05, 3.63) is 0 Å². The zero-order valence-electron chi connectivity index (χ0n) is 9.56. The molecule has 0 aliphatic carbocycles. The summed E-state index contributed by atoms with van der Waals surface area (Å²) in [5.74, 6) is -0.289. The predicted molar refractivity (Wildman–Crippen MR) is 57.4 cm³/mol. The van der Waals surface area contributed by atoms with Crippen LogP contribution in [0.2, 0.25) is 0 Å². The van der Waals surface area contributed by atoms with E-state index in [1.807, 2.05) is 6.92 Å². The molecule has 4 heteroatoms. The second kappa shape index (κ2) is 7.18. The monoisotopic (exact) mass is 213 g/mol. The Morgan fingerprint density at radius 2 is 1.93 bits per heavy atom. The van der Waals surface area contributed by atoms with Gasteiger partial charge in [-0.15, -0.1) is 0 Å². The van der Waals surface area contributed by atoms with E-state index in [-0.39, 0.29) is 5.92 Å². The summed E-state index contributed by atoms with van der Waals surface area (Å²) in [5, 5.41) is 8.81. The minimum absolute atomic E-state index is 0.262. The first-order valence-corrected chi connectivity index (χ1v) is 5.36. The topological polar surface area (TPSA) is 66.7 Å². The Morgan fingerprint density at radius 3 is 2.27 bits per heavy atom. The third-order valence-electron chi connectivity index (χ3n) is 2.94. The van der Waals surface area contributed by atoms with E-state index in [0.29, 0.717) is 12.3 Å². The number of hydrogen-bond acceptors (Lipinski definition) is 3. The summed E-state index contributed by atoms with van der Waals surface area (Å²) < 4.78 is 0. The van der Waals surface area contributed by atoms with Gasteiger partial charge < -0.3 is 5.11 Å². The fourth-order valence-electron chi connectivity index (χ4n) is 1.91. The summed E-state index contributed by atoms with van der Waals surface area (Å²) in [6.07, 6.45) is 3.78. The first kappa shape index (κ1) is 13.8. The first-order valence-electron chi connectivity index (χ1n) is 5.36. The van der Waals surface area contributed by atoms with E-state index in [1.165, 1.54) is 6.08 Å². The molecule has 4 nitrogen and oxygen atoms in total. The second-order valence-electron chi connectivity index (χ2n) is 3.86. The van der Waals surface area contributed by atoms with Crippen molar-refractivity contribution < 1.29 is 14.7 Å². The van der Waals surface area contributed by atoms with Crippen molar-refractivity contribution in [2.45, 2.75) is 46.1 Å². The molecular weight excluding hydrogens is 194 g/mol. The Morgan fingerprint density at radius 1 is 1.40 bits per heavy atom. The van der Waals surface area contributed by atoms with Crippen LogP contribution < -0.4 is 0 Å². The van der Waals surface area contributed by atoms with Crippen LogP contribution in [0.1, 0.15) is 40.0 Å². The van der Waals surface area contributed by atoms with Crippen LogP contribution in [0.15, 0.2) is 4.99 Å². The molecule has 0 radical (unpaired) electrons. The maximum atomic E-state index is 10.8. The number of isocyanates is 1. The third-order valence-corrected chi connectivity index (χ3v) is 2.94. The summed E-state index contributed by atoms with van der Waals surface area (Å²) >= 11 is 0. The Balaban J connectivity index is 4.39. The number of rotatable bonds is 7. The van der Waals surface area contributed by atoms with E-state index in [2.05, 4.69) is 18.8 Å². The highest BCUT2D eigenvalue weighted by atomic mass is 16.4. The summed E-state index contributed by atoms with van der Waals surface area (Å²) in [6.45, 7) is 6.18. The molecular formula is C11H19NO3. The molecule has 0 saturated heterocycles. The van der Waals surface area contributed by atoms with E-state index in [1.54, 1.807) is 0 Å². The lowest BCUT2D eigenvalue weighted by molar-refractivity contribution is -0.138. The number of carbonyl (C=O) groups excluding carboxylic acids is 1. The van der Waals surface area contributed by atoms with Gasteiger partial charge in [0.1, 0.15) is 0 Å². The fourth-order valence-corrected chi connectivity index (χ4v) is 1.91. The van der Waals surface area contributed by atoms with Crippen LogP contribution in [0.25, 0.3) is 0 Å². The zero-order chi connectivity index (χ0) is 11.8. The molecule has 2 unspecified atom stereocenters. The van der Waals surface area contributed by atoms with Gasteiger partial charge in [0.15, 0.2) is 6.04 Å². The number of aliphatic imine (C=N–C) groups is 1. The van der Waals surface area contributed by atoms with Gasteiger partial charge in [-0.2, -0.15) is 4.99 Å². The van der Waals surface area contributed by atoms with E-state index < -0.39 is 12.0 Å². The van der Waals surface area contributed by atoms with Crippen LogP contribution in [0, 0.1) is 11.8 Å². The van der Waals surface area contributed by atoms with Crippen LogP contribution in [-0.4, -0.2) is 23.2 Å². The van der Waals surface area contributed by atoms with Crippen LogP contribution in [0.4, 0.5) is 0 Å². The molecule has 0 aromatic heterocycles. The lowest BCUT2D eigenvalue weighted by Crippen LogP contribution is -2.23. The van der Waals surface area contributed by atoms with Crippen molar-refractivity contribution in [1.29, 1.82) is 0 Å². The minimum Gasteiger partial charge on any atom is -0.480 e. The lowest BCUT2D eigenvalue weighted by atomic mass is 9.85. The number of carboxylic acid groups (broad SMARTS) is 1. The van der Waals surface area contributed by atoms with E-state index in [0.717, 1.165) is 12.8 Å². The molecule has 0 bridgehead atoms. The van der Waals surface area contributed by atoms with Crippen molar-refractivity contribution in [3.8, 4) is 0 Å². The smallest absolute Gasteiger partial charge is 0.329 e. The normalized spacial score (nSPS) is 14.4. The zero-order valence-corrected chi connectivity index (χ0v) is 9.56.